The van der Waals surface area contributed by atoms with Crippen LogP contribution in [0.3, 0.4) is 0 Å². The van der Waals surface area contributed by atoms with Gasteiger partial charge in [0, 0.05) is 23.2 Å². The Bertz CT molecular complexity index is 1170. The number of nitrogens with zero attached hydrogens (tertiary/aromatic N) is 3. The van der Waals surface area contributed by atoms with Gasteiger partial charge in [0.25, 0.3) is 5.91 Å². The van der Waals surface area contributed by atoms with Crippen molar-refractivity contribution in [2.45, 2.75) is 62.1 Å². The number of benzene rings is 1. The van der Waals surface area contributed by atoms with E-state index in [4.69, 9.17) is 4.74 Å². The zero-order chi connectivity index (χ0) is 22.8. The molecule has 0 aliphatic heterocycles. The number of thioether (sulfide) groups is 1. The summed E-state index contributed by atoms with van der Waals surface area (Å²) < 4.78 is 7.42. The van der Waals surface area contributed by atoms with Gasteiger partial charge in [0.05, 0.1) is 18.1 Å². The Hall–Kier alpha value is -3.07. The maximum absolute atomic E-state index is 12.4. The summed E-state index contributed by atoms with van der Waals surface area (Å²) in [5.41, 5.74) is 3.05. The predicted molar refractivity (Wildman–Crippen MR) is 127 cm³/mol. The van der Waals surface area contributed by atoms with Gasteiger partial charge in [-0.15, -0.1) is 11.8 Å². The van der Waals surface area contributed by atoms with Gasteiger partial charge in [-0.1, -0.05) is 31.4 Å². The molecule has 2 fully saturated rings. The van der Waals surface area contributed by atoms with E-state index >= 15 is 0 Å². The summed E-state index contributed by atoms with van der Waals surface area (Å²) in [7, 11) is 0. The molecule has 0 bridgehead atoms. The minimum absolute atomic E-state index is 0.0456. The van der Waals surface area contributed by atoms with Crippen LogP contribution >= 0.6 is 11.8 Å². The summed E-state index contributed by atoms with van der Waals surface area (Å²) in [5, 5.41) is 6.63. The van der Waals surface area contributed by atoms with Gasteiger partial charge in [0.15, 0.2) is 5.65 Å². The van der Waals surface area contributed by atoms with Crippen LogP contribution in [0, 0.1) is 0 Å². The highest BCUT2D eigenvalue weighted by Crippen LogP contribution is 2.28. The molecule has 2 heterocycles. The molecule has 3 aromatic rings. The first-order valence-corrected chi connectivity index (χ1v) is 12.6. The van der Waals surface area contributed by atoms with Crippen molar-refractivity contribution in [2.75, 3.05) is 6.26 Å². The number of carbonyl (C=O) groups is 2. The largest absolute Gasteiger partial charge is 0.414 e. The highest BCUT2D eigenvalue weighted by molar-refractivity contribution is 7.98. The lowest BCUT2D eigenvalue weighted by atomic mass is 9.96. The Morgan fingerprint density at radius 1 is 1.03 bits per heavy atom. The van der Waals surface area contributed by atoms with E-state index in [1.54, 1.807) is 12.4 Å². The summed E-state index contributed by atoms with van der Waals surface area (Å²) in [6, 6.07) is 7.93. The number of nitrogens with one attached hydrogen (secondary N) is 2. The van der Waals surface area contributed by atoms with Crippen LogP contribution in [0.1, 0.15) is 55.3 Å². The van der Waals surface area contributed by atoms with Crippen molar-refractivity contribution >= 4 is 29.4 Å². The van der Waals surface area contributed by atoms with E-state index in [2.05, 4.69) is 20.6 Å². The third-order valence-corrected chi connectivity index (χ3v) is 6.77. The lowest BCUT2D eigenvalue weighted by molar-refractivity contribution is 0.0951. The molecular formula is C24H27N5O3S. The highest BCUT2D eigenvalue weighted by Gasteiger charge is 2.24. The molecule has 0 radical (unpaired) electrons. The number of imidazole rings is 1. The van der Waals surface area contributed by atoms with Gasteiger partial charge in [-0.2, -0.15) is 0 Å². The Balaban J connectivity index is 1.38. The fourth-order valence-electron chi connectivity index (χ4n) is 4.17. The number of carbonyl (C=O) groups excluding carboxylic acids is 2. The molecule has 2 aromatic heterocycles. The monoisotopic (exact) mass is 465 g/mol. The van der Waals surface area contributed by atoms with Crippen LogP contribution in [0.2, 0.25) is 0 Å². The number of rotatable bonds is 6. The van der Waals surface area contributed by atoms with Crippen LogP contribution in [0.4, 0.5) is 4.79 Å². The minimum Gasteiger partial charge on any atom is -0.390 e. The van der Waals surface area contributed by atoms with Gasteiger partial charge >= 0.3 is 6.09 Å². The zero-order valence-corrected chi connectivity index (χ0v) is 19.4. The molecule has 2 aliphatic carbocycles. The first-order chi connectivity index (χ1) is 16.1. The molecule has 2 aliphatic rings. The fourth-order valence-corrected chi connectivity index (χ4v) is 4.68. The van der Waals surface area contributed by atoms with Crippen LogP contribution in [0.25, 0.3) is 16.9 Å². The molecule has 8 nitrogen and oxygen atoms in total. The van der Waals surface area contributed by atoms with E-state index in [-0.39, 0.29) is 17.8 Å². The second kappa shape index (κ2) is 9.43. The number of hydrogen-bond donors (Lipinski definition) is 2. The van der Waals surface area contributed by atoms with Crippen molar-refractivity contribution in [1.82, 2.24) is 25.0 Å². The van der Waals surface area contributed by atoms with E-state index in [0.29, 0.717) is 22.3 Å². The van der Waals surface area contributed by atoms with Crippen molar-refractivity contribution in [3.05, 3.63) is 42.2 Å². The lowest BCUT2D eigenvalue weighted by Gasteiger charge is -2.22. The SMILES string of the molecule is CSc1nc(OC(=O)NC2CCCCC2)cn2c(-c3ccc(C(=O)NC4CC4)cc3)cnc12. The topological polar surface area (TPSA) is 97.6 Å². The van der Waals surface area contributed by atoms with Crippen molar-refractivity contribution < 1.29 is 14.3 Å². The normalized spacial score (nSPS) is 16.5. The second-order valence-corrected chi connectivity index (χ2v) is 9.41. The summed E-state index contributed by atoms with van der Waals surface area (Å²) in [4.78, 5) is 33.7. The van der Waals surface area contributed by atoms with E-state index in [9.17, 15) is 9.59 Å². The van der Waals surface area contributed by atoms with Gasteiger partial charge in [0.1, 0.15) is 5.03 Å². The number of aromatic nitrogens is 3. The Kier molecular flexibility index (Phi) is 6.22. The summed E-state index contributed by atoms with van der Waals surface area (Å²) in [6.07, 6.45) is 12.4. The van der Waals surface area contributed by atoms with Gasteiger partial charge in [-0.3, -0.25) is 9.20 Å². The number of amides is 2. The Morgan fingerprint density at radius 2 is 1.76 bits per heavy atom. The quantitative estimate of drug-likeness (QED) is 0.523. The third kappa shape index (κ3) is 4.98. The maximum Gasteiger partial charge on any atom is 0.414 e. The summed E-state index contributed by atoms with van der Waals surface area (Å²) in [5.74, 6) is 0.176. The molecule has 2 N–H and O–H groups in total. The molecule has 2 saturated carbocycles. The fraction of sp³-hybridized carbons (Fsp3) is 0.417. The average molecular weight is 466 g/mol. The summed E-state index contributed by atoms with van der Waals surface area (Å²) >= 11 is 1.44. The maximum atomic E-state index is 12.4. The van der Waals surface area contributed by atoms with Crippen LogP contribution < -0.4 is 15.4 Å². The molecular weight excluding hydrogens is 438 g/mol. The lowest BCUT2D eigenvalue weighted by Crippen LogP contribution is -2.38. The number of hydrogen-bond acceptors (Lipinski definition) is 6. The van der Waals surface area contributed by atoms with Crippen LogP contribution in [0.5, 0.6) is 5.88 Å². The minimum atomic E-state index is -0.478. The Morgan fingerprint density at radius 3 is 2.45 bits per heavy atom. The van der Waals surface area contributed by atoms with Crippen molar-refractivity contribution in [3.63, 3.8) is 0 Å². The average Bonchev–Trinajstić information content (AvgIpc) is 3.54. The van der Waals surface area contributed by atoms with Crippen LogP contribution in [0.15, 0.2) is 41.7 Å². The van der Waals surface area contributed by atoms with Crippen LogP contribution in [-0.4, -0.2) is 44.7 Å². The number of ether oxygens (including phenoxy) is 1. The smallest absolute Gasteiger partial charge is 0.390 e. The molecule has 0 saturated heterocycles. The van der Waals surface area contributed by atoms with E-state index in [1.165, 1.54) is 18.2 Å². The first-order valence-electron chi connectivity index (χ1n) is 11.4. The molecule has 33 heavy (non-hydrogen) atoms. The van der Waals surface area contributed by atoms with Crippen molar-refractivity contribution in [1.29, 1.82) is 0 Å². The van der Waals surface area contributed by atoms with Gasteiger partial charge < -0.3 is 15.4 Å². The third-order valence-electron chi connectivity index (χ3n) is 6.11. The molecule has 0 atom stereocenters. The van der Waals surface area contributed by atoms with Crippen LogP contribution in [-0.2, 0) is 0 Å². The molecule has 1 aromatic carbocycles. The molecule has 0 unspecified atom stereocenters. The highest BCUT2D eigenvalue weighted by atomic mass is 32.2. The Labute approximate surface area is 196 Å². The molecule has 0 spiro atoms. The van der Waals surface area contributed by atoms with E-state index in [0.717, 1.165) is 49.8 Å². The summed E-state index contributed by atoms with van der Waals surface area (Å²) in [6.45, 7) is 0. The first kappa shape index (κ1) is 21.8. The predicted octanol–water partition coefficient (Wildman–Crippen LogP) is 4.43. The van der Waals surface area contributed by atoms with Gasteiger partial charge in [0.2, 0.25) is 5.88 Å². The standard InChI is InChI=1S/C24H27N5O3S/c1-33-23-21-25-13-19(15-7-9-16(10-8-15)22(30)26-18-11-12-18)29(21)14-20(28-23)32-24(31)27-17-5-3-2-4-6-17/h7-10,13-14,17-18H,2-6,11-12H2,1H3,(H,26,30)(H,27,31). The molecule has 9 heteroatoms. The molecule has 2 amide bonds. The zero-order valence-electron chi connectivity index (χ0n) is 18.5. The van der Waals surface area contributed by atoms with E-state index in [1.807, 2.05) is 34.9 Å². The van der Waals surface area contributed by atoms with E-state index < -0.39 is 6.09 Å². The second-order valence-electron chi connectivity index (χ2n) is 8.62. The molecule has 5 rings (SSSR count). The number of fused-ring (bicyclic) bond motifs is 1. The van der Waals surface area contributed by atoms with Crippen molar-refractivity contribution in [3.8, 4) is 17.1 Å². The van der Waals surface area contributed by atoms with Gasteiger partial charge in [-0.05, 0) is 44.1 Å². The van der Waals surface area contributed by atoms with Gasteiger partial charge in [-0.25, -0.2) is 14.8 Å². The molecule has 172 valence electrons. The van der Waals surface area contributed by atoms with Crippen molar-refractivity contribution in [2.24, 2.45) is 0 Å².